The summed E-state index contributed by atoms with van der Waals surface area (Å²) >= 11 is 0. The fourth-order valence-electron chi connectivity index (χ4n) is 4.00. The topological polar surface area (TPSA) is 152 Å². The molecule has 0 bridgehead atoms. The molecule has 0 saturated heterocycles. The molecule has 2 aromatic heterocycles. The van der Waals surface area contributed by atoms with Crippen LogP contribution in [0.4, 0.5) is 9.18 Å². The maximum atomic E-state index is 15.2. The van der Waals surface area contributed by atoms with Crippen molar-refractivity contribution in [3.05, 3.63) is 48.0 Å². The number of amides is 1. The van der Waals surface area contributed by atoms with Gasteiger partial charge in [0.1, 0.15) is 21.9 Å². The Morgan fingerprint density at radius 1 is 1.25 bits per heavy atom. The van der Waals surface area contributed by atoms with Gasteiger partial charge in [-0.25, -0.2) is 27.7 Å². The molecule has 1 aromatic carbocycles. The highest BCUT2D eigenvalue weighted by Gasteiger charge is 2.49. The van der Waals surface area contributed by atoms with Crippen LogP contribution in [0.2, 0.25) is 0 Å². The van der Waals surface area contributed by atoms with Crippen molar-refractivity contribution in [3.63, 3.8) is 0 Å². The minimum Gasteiger partial charge on any atom is -0.494 e. The zero-order valence-electron chi connectivity index (χ0n) is 20.3. The molecule has 0 spiro atoms. The van der Waals surface area contributed by atoms with Crippen molar-refractivity contribution in [2.24, 2.45) is 9.36 Å². The average Bonchev–Trinajstić information content (AvgIpc) is 3.33. The van der Waals surface area contributed by atoms with E-state index in [2.05, 4.69) is 29.8 Å². The first-order valence-corrected chi connectivity index (χ1v) is 12.5. The van der Waals surface area contributed by atoms with Crippen LogP contribution in [0.3, 0.4) is 0 Å². The number of aromatic nitrogens is 3. The van der Waals surface area contributed by atoms with E-state index in [-0.39, 0.29) is 17.2 Å². The Morgan fingerprint density at radius 2 is 1.94 bits per heavy atom. The van der Waals surface area contributed by atoms with Crippen LogP contribution in [0.1, 0.15) is 26.3 Å². The van der Waals surface area contributed by atoms with Crippen molar-refractivity contribution in [1.29, 1.82) is 0 Å². The van der Waals surface area contributed by atoms with Gasteiger partial charge in [-0.2, -0.15) is 0 Å². The van der Waals surface area contributed by atoms with Crippen LogP contribution in [0, 0.1) is 5.82 Å². The minimum atomic E-state index is -3.05. The van der Waals surface area contributed by atoms with E-state index in [9.17, 15) is 14.1 Å². The number of hydrogen-bond donors (Lipinski definition) is 2. The number of ether oxygens (including phenoxy) is 1. The van der Waals surface area contributed by atoms with Gasteiger partial charge in [0.25, 0.3) is 0 Å². The summed E-state index contributed by atoms with van der Waals surface area (Å²) < 4.78 is 42.4. The molecule has 13 heteroatoms. The van der Waals surface area contributed by atoms with E-state index in [0.717, 1.165) is 0 Å². The highest BCUT2D eigenvalue weighted by molar-refractivity contribution is 7.95. The number of nitrogens with one attached hydrogen (secondary N) is 1. The smallest absolute Gasteiger partial charge is 0.410 e. The number of carboxylic acid groups (broad SMARTS) is 1. The van der Waals surface area contributed by atoms with E-state index in [1.807, 2.05) is 0 Å². The van der Waals surface area contributed by atoms with Crippen molar-refractivity contribution in [2.75, 3.05) is 19.9 Å². The molecule has 1 aliphatic rings. The predicted octanol–water partition coefficient (Wildman–Crippen LogP) is 3.72. The van der Waals surface area contributed by atoms with Gasteiger partial charge >= 0.3 is 6.09 Å². The number of amidine groups is 1. The summed E-state index contributed by atoms with van der Waals surface area (Å²) in [7, 11) is -0.144. The Labute approximate surface area is 207 Å². The molecule has 2 atom stereocenters. The molecule has 0 fully saturated rings. The second-order valence-electron chi connectivity index (χ2n) is 8.86. The molecule has 1 aliphatic heterocycles. The molecule has 3 heterocycles. The van der Waals surface area contributed by atoms with Gasteiger partial charge in [-0.3, -0.25) is 10.3 Å². The predicted molar refractivity (Wildman–Crippen MR) is 131 cm³/mol. The second kappa shape index (κ2) is 8.97. The van der Waals surface area contributed by atoms with Crippen LogP contribution in [0.5, 0.6) is 5.75 Å². The number of hydrogen-bond acceptors (Lipinski definition) is 9. The molecule has 0 radical (unpaired) electrons. The van der Waals surface area contributed by atoms with Gasteiger partial charge in [0.2, 0.25) is 0 Å². The SMILES string of the molecule is CN=[S@@]1(=O)C[C@@](C)(c2cc(-c3cc(-c4ncc(OC)cn4)no3)ccc2F)N=C(NC(=O)O)C1(C)C. The van der Waals surface area contributed by atoms with Gasteiger partial charge in [-0.15, -0.1) is 0 Å². The molecule has 3 aromatic rings. The van der Waals surface area contributed by atoms with Crippen molar-refractivity contribution in [1.82, 2.24) is 20.4 Å². The van der Waals surface area contributed by atoms with Gasteiger partial charge in [-0.1, -0.05) is 5.16 Å². The summed E-state index contributed by atoms with van der Waals surface area (Å²) in [5, 5.41) is 15.6. The third-order valence-corrected chi connectivity index (χ3v) is 9.49. The lowest BCUT2D eigenvalue weighted by molar-refractivity contribution is 0.199. The number of methoxy groups -OCH3 is 1. The van der Waals surface area contributed by atoms with Gasteiger partial charge in [0, 0.05) is 24.2 Å². The molecule has 1 amide bonds. The summed E-state index contributed by atoms with van der Waals surface area (Å²) in [6.45, 7) is 4.79. The van der Waals surface area contributed by atoms with Gasteiger partial charge < -0.3 is 14.4 Å². The van der Waals surface area contributed by atoms with Crippen molar-refractivity contribution < 1.29 is 27.8 Å². The molecule has 11 nitrogen and oxygen atoms in total. The number of benzene rings is 1. The zero-order valence-corrected chi connectivity index (χ0v) is 21.1. The van der Waals surface area contributed by atoms with Crippen molar-refractivity contribution in [2.45, 2.75) is 31.1 Å². The van der Waals surface area contributed by atoms with Gasteiger partial charge in [0.15, 0.2) is 23.0 Å². The Balaban J connectivity index is 1.79. The van der Waals surface area contributed by atoms with Crippen LogP contribution in [-0.4, -0.2) is 61.0 Å². The third-order valence-electron chi connectivity index (χ3n) is 6.16. The highest BCUT2D eigenvalue weighted by Crippen LogP contribution is 2.40. The third kappa shape index (κ3) is 4.30. The van der Waals surface area contributed by atoms with E-state index in [4.69, 9.17) is 9.26 Å². The molecule has 0 saturated carbocycles. The number of aliphatic imine (C=N–C) groups is 1. The van der Waals surface area contributed by atoms with E-state index in [1.54, 1.807) is 26.8 Å². The summed E-state index contributed by atoms with van der Waals surface area (Å²) in [5.74, 6) is 0.350. The normalized spacial score (nSPS) is 23.0. The minimum absolute atomic E-state index is 0.0530. The second-order valence-corrected chi connectivity index (χ2v) is 11.8. The average molecular weight is 517 g/mol. The first-order chi connectivity index (χ1) is 16.9. The van der Waals surface area contributed by atoms with E-state index < -0.39 is 31.9 Å². The quantitative estimate of drug-likeness (QED) is 0.532. The number of rotatable bonds is 4. The molecule has 190 valence electrons. The highest BCUT2D eigenvalue weighted by atomic mass is 32.2. The first kappa shape index (κ1) is 25.2. The van der Waals surface area contributed by atoms with E-state index in [0.29, 0.717) is 28.6 Å². The lowest BCUT2D eigenvalue weighted by Gasteiger charge is -2.41. The fraction of sp³-hybridized carbons (Fsp3) is 0.348. The Kier molecular flexibility index (Phi) is 6.29. The van der Waals surface area contributed by atoms with E-state index >= 15 is 4.39 Å². The summed E-state index contributed by atoms with van der Waals surface area (Å²) in [6.07, 6.45) is 1.62. The van der Waals surface area contributed by atoms with Gasteiger partial charge in [0.05, 0.1) is 35.0 Å². The van der Waals surface area contributed by atoms with Crippen molar-refractivity contribution in [3.8, 4) is 28.6 Å². The molecule has 4 rings (SSSR count). The summed E-state index contributed by atoms with van der Waals surface area (Å²) in [5.41, 5.74) is -0.433. The summed E-state index contributed by atoms with van der Waals surface area (Å²) in [6, 6.07) is 5.88. The number of carbonyl (C=O) groups is 1. The monoisotopic (exact) mass is 516 g/mol. The van der Waals surface area contributed by atoms with Crippen LogP contribution in [-0.2, 0) is 15.3 Å². The van der Waals surface area contributed by atoms with Crippen LogP contribution < -0.4 is 10.1 Å². The molecule has 0 unspecified atom stereocenters. The van der Waals surface area contributed by atoms with E-state index in [1.165, 1.54) is 44.8 Å². The maximum absolute atomic E-state index is 15.2. The lowest BCUT2D eigenvalue weighted by Crippen LogP contribution is -2.57. The molecule has 36 heavy (non-hydrogen) atoms. The Bertz CT molecular complexity index is 1480. The summed E-state index contributed by atoms with van der Waals surface area (Å²) in [4.78, 5) is 24.4. The molecule has 0 aliphatic carbocycles. The Hall–Kier alpha value is -3.87. The first-order valence-electron chi connectivity index (χ1n) is 10.8. The fourth-order valence-corrected chi connectivity index (χ4v) is 6.33. The van der Waals surface area contributed by atoms with Crippen LogP contribution >= 0.6 is 0 Å². The van der Waals surface area contributed by atoms with Gasteiger partial charge in [-0.05, 0) is 39.0 Å². The number of halogens is 1. The Morgan fingerprint density at radius 3 is 2.56 bits per heavy atom. The largest absolute Gasteiger partial charge is 0.494 e. The maximum Gasteiger partial charge on any atom is 0.410 e. The zero-order chi connectivity index (χ0) is 26.3. The molecular weight excluding hydrogens is 491 g/mol. The van der Waals surface area contributed by atoms with Crippen LogP contribution in [0.25, 0.3) is 22.8 Å². The molecular formula is C23H25FN6O5S. The molecule has 2 N–H and O–H groups in total. The van der Waals surface area contributed by atoms with Crippen molar-refractivity contribution >= 4 is 21.7 Å². The lowest BCUT2D eigenvalue weighted by atomic mass is 9.91. The number of nitrogens with zero attached hydrogens (tertiary/aromatic N) is 5. The standard InChI is InChI=1S/C23H25FN6O5S/c1-22(2)20(28-21(31)32)29-23(3,12-36(22,33)25-4)15-8-13(6-7-16(15)24)18-9-17(30-35-18)19-26-10-14(34-5)11-27-19/h6-11H,12H2,1-5H3,(H,28,29)(H,31,32)/t23-,36+/m0/s1. The van der Waals surface area contributed by atoms with Crippen LogP contribution in [0.15, 0.2) is 50.5 Å².